The average Bonchev–Trinajstić information content (AvgIpc) is 3.15. The van der Waals surface area contributed by atoms with Crippen LogP contribution in [0, 0.1) is 38.1 Å². The quantitative estimate of drug-likeness (QED) is 0.0257. The lowest BCUT2D eigenvalue weighted by Gasteiger charge is -2.23. The van der Waals surface area contributed by atoms with Gasteiger partial charge >= 0.3 is 23.3 Å². The molecular weight excluding hydrogens is 829 g/mol. The predicted molar refractivity (Wildman–Crippen MR) is 215 cm³/mol. The second-order valence-electron chi connectivity index (χ2n) is 10.4. The van der Waals surface area contributed by atoms with E-state index in [1.807, 2.05) is 24.3 Å². The highest BCUT2D eigenvalue weighted by Crippen LogP contribution is 2.33. The lowest BCUT2D eigenvalue weighted by atomic mass is 10.1. The third-order valence-electron chi connectivity index (χ3n) is 6.55. The van der Waals surface area contributed by atoms with Crippen LogP contribution < -0.4 is 10.6 Å². The van der Waals surface area contributed by atoms with Crippen LogP contribution in [-0.4, -0.2) is 69.3 Å². The summed E-state index contributed by atoms with van der Waals surface area (Å²) in [4.78, 5) is 62.1. The Kier molecular flexibility index (Phi) is 22.5. The number of anilines is 2. The van der Waals surface area contributed by atoms with Crippen LogP contribution in [0.4, 0.5) is 28.7 Å². The number of nitrogens with zero attached hydrogens (tertiary/aromatic N) is 9. The van der Waals surface area contributed by atoms with Crippen molar-refractivity contribution in [1.29, 1.82) is 5.26 Å². The first-order valence-electron chi connectivity index (χ1n) is 16.2. The molecule has 0 spiro atoms. The highest BCUT2D eigenvalue weighted by atomic mass is 35.5. The molecule has 0 atom stereocenters. The van der Waals surface area contributed by atoms with Crippen LogP contribution >= 0.6 is 46.4 Å². The van der Waals surface area contributed by atoms with Crippen molar-refractivity contribution >= 4 is 94.9 Å². The third kappa shape index (κ3) is 17.2. The standard InChI is InChI=1S/C16H15ClN6O4.C13H15NO2.C4Cl3N3O2.CH3B/c1-2-27-12(24)9-22(8-11-5-3-4-10(6-11)7-18)15-13(23(25)26)14(19)20-16(17)21-15;1-3-16-13(15)9-5-7-11-6-4-8-12(10-11)14-2;5-2-1(10(11)12)3(6)9-4(7)8-2;1-2/h3-6H,2,8-9H2,1H3,(H2,19,20,21);4,6,8,10H,3,5,7,9H2,1H3;;1H3. The van der Waals surface area contributed by atoms with E-state index in [-0.39, 0.29) is 52.4 Å². The van der Waals surface area contributed by atoms with Crippen molar-refractivity contribution < 1.29 is 28.9 Å². The molecule has 4 rings (SSSR count). The second kappa shape index (κ2) is 26.1. The summed E-state index contributed by atoms with van der Waals surface area (Å²) in [5.74, 6) is -1.40. The zero-order valence-electron chi connectivity index (χ0n) is 30.5. The van der Waals surface area contributed by atoms with E-state index >= 15 is 0 Å². The fraction of sp³-hybridized carbons (Fsp3) is 0.294. The van der Waals surface area contributed by atoms with Gasteiger partial charge in [-0.05, 0) is 67.6 Å². The van der Waals surface area contributed by atoms with Crippen molar-refractivity contribution in [2.45, 2.75) is 46.5 Å². The molecule has 0 bridgehead atoms. The molecule has 0 unspecified atom stereocenters. The minimum absolute atomic E-state index is 0.0297. The Labute approximate surface area is 348 Å². The molecule has 0 amide bonds. The SMILES string of the molecule is CCOC(=O)CN(Cc1cccc(C#N)c1)c1nc(Cl)nc(N)c1[N+](=O)[O-].O=[N+]([O-])c1c(Cl)nc(Cl)nc1Cl.[B]C.[C-]#[N+]c1cccc(CCCC(=O)OCC)c1. The van der Waals surface area contributed by atoms with Crippen molar-refractivity contribution in [3.63, 3.8) is 0 Å². The molecule has 298 valence electrons. The molecule has 2 aromatic carbocycles. The van der Waals surface area contributed by atoms with Crippen LogP contribution in [0.3, 0.4) is 0 Å². The number of benzene rings is 2. The smallest absolute Gasteiger partial charge is 0.353 e. The molecular formula is C34H33BCl4N10O8. The number of rotatable bonds is 13. The van der Waals surface area contributed by atoms with Crippen LogP contribution in [0.25, 0.3) is 4.85 Å². The summed E-state index contributed by atoms with van der Waals surface area (Å²) in [5, 5.41) is 29.5. The first kappa shape index (κ1) is 49.2. The van der Waals surface area contributed by atoms with Gasteiger partial charge in [0.15, 0.2) is 5.69 Å². The number of halogens is 4. The number of hydrogen-bond donors (Lipinski definition) is 1. The van der Waals surface area contributed by atoms with Gasteiger partial charge in [-0.2, -0.15) is 25.2 Å². The van der Waals surface area contributed by atoms with Gasteiger partial charge in [0.25, 0.3) is 0 Å². The van der Waals surface area contributed by atoms with E-state index in [0.717, 1.165) is 18.4 Å². The topological polar surface area (TPSA) is 248 Å². The number of aromatic nitrogens is 4. The molecule has 0 aliphatic heterocycles. The molecule has 57 heavy (non-hydrogen) atoms. The summed E-state index contributed by atoms with van der Waals surface area (Å²) < 4.78 is 9.76. The Morgan fingerprint density at radius 1 is 0.895 bits per heavy atom. The largest absolute Gasteiger partial charge is 0.466 e. The van der Waals surface area contributed by atoms with E-state index in [1.54, 1.807) is 44.2 Å². The number of esters is 2. The Morgan fingerprint density at radius 3 is 2.02 bits per heavy atom. The van der Waals surface area contributed by atoms with Gasteiger partial charge < -0.3 is 20.1 Å². The van der Waals surface area contributed by atoms with Crippen LogP contribution in [0.15, 0.2) is 48.5 Å². The van der Waals surface area contributed by atoms with E-state index in [9.17, 15) is 29.8 Å². The number of nitrogens with two attached hydrogens (primary N) is 1. The van der Waals surface area contributed by atoms with Gasteiger partial charge in [-0.1, -0.05) is 72.0 Å². The molecule has 2 heterocycles. The zero-order valence-corrected chi connectivity index (χ0v) is 33.5. The summed E-state index contributed by atoms with van der Waals surface area (Å²) in [5.41, 5.74) is 7.29. The molecule has 2 radical (unpaired) electrons. The van der Waals surface area contributed by atoms with Gasteiger partial charge in [-0.25, -0.2) is 4.85 Å². The number of nitriles is 1. The maximum atomic E-state index is 12.0. The summed E-state index contributed by atoms with van der Waals surface area (Å²) in [6.07, 6.45) is 2.01. The molecule has 0 fully saturated rings. The third-order valence-corrected chi connectivity index (χ3v) is 7.41. The van der Waals surface area contributed by atoms with Gasteiger partial charge in [-0.15, -0.1) is 0 Å². The van der Waals surface area contributed by atoms with E-state index < -0.39 is 33.0 Å². The minimum Gasteiger partial charge on any atom is -0.466 e. The summed E-state index contributed by atoms with van der Waals surface area (Å²) in [6, 6.07) is 16.1. The van der Waals surface area contributed by atoms with Gasteiger partial charge in [0.05, 0.1) is 49.1 Å². The maximum absolute atomic E-state index is 12.0. The molecule has 0 aliphatic carbocycles. The maximum Gasteiger partial charge on any atom is 0.353 e. The Bertz CT molecular complexity index is 2080. The highest BCUT2D eigenvalue weighted by molar-refractivity contribution is 6.38. The van der Waals surface area contributed by atoms with Gasteiger partial charge in [0, 0.05) is 13.0 Å². The molecule has 4 aromatic rings. The fourth-order valence-electron chi connectivity index (χ4n) is 4.34. The summed E-state index contributed by atoms with van der Waals surface area (Å²) in [7, 11) is 4.50. The molecule has 0 saturated heterocycles. The van der Waals surface area contributed by atoms with E-state index in [1.165, 1.54) is 11.7 Å². The number of nitro groups is 2. The Morgan fingerprint density at radius 2 is 1.46 bits per heavy atom. The van der Waals surface area contributed by atoms with Crippen molar-refractivity contribution in [1.82, 2.24) is 19.9 Å². The normalized spacial score (nSPS) is 9.63. The molecule has 2 aromatic heterocycles. The monoisotopic (exact) mass is 860 g/mol. The van der Waals surface area contributed by atoms with Crippen molar-refractivity contribution in [2.24, 2.45) is 0 Å². The Balaban J connectivity index is 0.000000458. The fourth-order valence-corrected chi connectivity index (χ4v) is 5.29. The van der Waals surface area contributed by atoms with Gasteiger partial charge in [0.2, 0.25) is 32.5 Å². The van der Waals surface area contributed by atoms with E-state index in [0.29, 0.717) is 29.8 Å². The van der Waals surface area contributed by atoms with E-state index in [4.69, 9.17) is 73.4 Å². The lowest BCUT2D eigenvalue weighted by Crippen LogP contribution is -2.32. The first-order valence-corrected chi connectivity index (χ1v) is 17.7. The summed E-state index contributed by atoms with van der Waals surface area (Å²) in [6.45, 7) is 12.1. The zero-order chi connectivity index (χ0) is 43.1. The highest BCUT2D eigenvalue weighted by Gasteiger charge is 2.29. The average molecular weight is 862 g/mol. The van der Waals surface area contributed by atoms with Crippen LogP contribution in [0.2, 0.25) is 27.7 Å². The number of aryl methyl sites for hydroxylation is 1. The van der Waals surface area contributed by atoms with Crippen LogP contribution in [0.1, 0.15) is 43.4 Å². The van der Waals surface area contributed by atoms with E-state index in [2.05, 4.69) is 32.6 Å². The molecule has 2 N–H and O–H groups in total. The van der Waals surface area contributed by atoms with Crippen LogP contribution in [0.5, 0.6) is 0 Å². The molecule has 18 nitrogen and oxygen atoms in total. The van der Waals surface area contributed by atoms with Gasteiger partial charge in [0.1, 0.15) is 6.54 Å². The number of carbonyl (C=O) groups is 2. The number of hydrogen-bond acceptors (Lipinski definition) is 15. The number of nitrogen functional groups attached to an aromatic ring is 1. The second-order valence-corrected chi connectivity index (χ2v) is 11.8. The lowest BCUT2D eigenvalue weighted by molar-refractivity contribution is -0.385. The van der Waals surface area contributed by atoms with Crippen molar-refractivity contribution in [3.8, 4) is 6.07 Å². The van der Waals surface area contributed by atoms with Crippen molar-refractivity contribution in [2.75, 3.05) is 30.4 Å². The first-order chi connectivity index (χ1) is 27.1. The predicted octanol–water partition coefficient (Wildman–Crippen LogP) is 7.73. The molecule has 0 aliphatic rings. The number of carbonyl (C=O) groups excluding carboxylic acids is 2. The summed E-state index contributed by atoms with van der Waals surface area (Å²) >= 11 is 21.9. The minimum atomic E-state index is -0.777. The Hall–Kier alpha value is -5.86. The van der Waals surface area contributed by atoms with Crippen molar-refractivity contribution in [3.05, 3.63) is 118 Å². The van der Waals surface area contributed by atoms with Gasteiger partial charge in [-0.3, -0.25) is 29.8 Å². The van der Waals surface area contributed by atoms with Crippen LogP contribution in [-0.2, 0) is 32.0 Å². The molecule has 0 saturated carbocycles. The number of ether oxygens (including phenoxy) is 2. The molecule has 23 heteroatoms.